The SMILES string of the molecule is O=C(O)C1CCCCC1Sc1ncccc1Br. The minimum absolute atomic E-state index is 0.146. The van der Waals surface area contributed by atoms with Gasteiger partial charge in [-0.3, -0.25) is 4.79 Å². The van der Waals surface area contributed by atoms with E-state index in [-0.39, 0.29) is 11.2 Å². The van der Waals surface area contributed by atoms with Crippen molar-refractivity contribution in [1.82, 2.24) is 4.98 Å². The van der Waals surface area contributed by atoms with Crippen molar-refractivity contribution in [2.24, 2.45) is 5.92 Å². The highest BCUT2D eigenvalue weighted by Crippen LogP contribution is 2.39. The van der Waals surface area contributed by atoms with Gasteiger partial charge in [0, 0.05) is 15.9 Å². The number of carboxylic acids is 1. The molecule has 1 fully saturated rings. The summed E-state index contributed by atoms with van der Waals surface area (Å²) in [5, 5.41) is 10.3. The summed E-state index contributed by atoms with van der Waals surface area (Å²) in [6.07, 6.45) is 5.64. The van der Waals surface area contributed by atoms with E-state index in [1.165, 1.54) is 0 Å². The van der Waals surface area contributed by atoms with Gasteiger partial charge in [0.25, 0.3) is 0 Å². The highest BCUT2D eigenvalue weighted by atomic mass is 79.9. The molecule has 0 bridgehead atoms. The first-order valence-corrected chi connectivity index (χ1v) is 7.35. The largest absolute Gasteiger partial charge is 0.481 e. The van der Waals surface area contributed by atoms with Crippen molar-refractivity contribution in [2.75, 3.05) is 0 Å². The zero-order chi connectivity index (χ0) is 12.3. The molecule has 0 spiro atoms. The van der Waals surface area contributed by atoms with Gasteiger partial charge in [0.05, 0.1) is 5.92 Å². The summed E-state index contributed by atoms with van der Waals surface area (Å²) >= 11 is 5.04. The zero-order valence-electron chi connectivity index (χ0n) is 9.30. The molecule has 0 aromatic carbocycles. The van der Waals surface area contributed by atoms with Gasteiger partial charge in [-0.25, -0.2) is 4.98 Å². The molecule has 1 saturated carbocycles. The Morgan fingerprint density at radius 1 is 1.47 bits per heavy atom. The Morgan fingerprint density at radius 3 is 2.94 bits per heavy atom. The van der Waals surface area contributed by atoms with Crippen LogP contribution in [0, 0.1) is 5.92 Å². The Kier molecular flexibility index (Phi) is 4.45. The topological polar surface area (TPSA) is 50.2 Å². The van der Waals surface area contributed by atoms with Crippen molar-refractivity contribution >= 4 is 33.7 Å². The van der Waals surface area contributed by atoms with Crippen molar-refractivity contribution in [3.63, 3.8) is 0 Å². The molecule has 5 heteroatoms. The van der Waals surface area contributed by atoms with E-state index in [2.05, 4.69) is 20.9 Å². The molecule has 0 aliphatic heterocycles. The molecule has 1 aliphatic rings. The summed E-state index contributed by atoms with van der Waals surface area (Å²) in [6.45, 7) is 0. The second-order valence-electron chi connectivity index (χ2n) is 4.18. The van der Waals surface area contributed by atoms with Crippen LogP contribution in [0.15, 0.2) is 27.8 Å². The summed E-state index contributed by atoms with van der Waals surface area (Å²) in [5.74, 6) is -0.906. The molecule has 2 unspecified atom stereocenters. The zero-order valence-corrected chi connectivity index (χ0v) is 11.7. The number of nitrogens with zero attached hydrogens (tertiary/aromatic N) is 1. The summed E-state index contributed by atoms with van der Waals surface area (Å²) < 4.78 is 0.944. The van der Waals surface area contributed by atoms with Crippen LogP contribution >= 0.6 is 27.7 Å². The smallest absolute Gasteiger partial charge is 0.307 e. The minimum atomic E-state index is -0.672. The predicted molar refractivity (Wildman–Crippen MR) is 71.2 cm³/mol. The standard InChI is InChI=1S/C12H14BrNO2S/c13-9-5-3-7-14-11(9)17-10-6-2-1-4-8(10)12(15)16/h3,5,7-8,10H,1-2,4,6H2,(H,15,16). The first-order chi connectivity index (χ1) is 8.18. The fourth-order valence-corrected chi connectivity index (χ4v) is 3.95. The number of rotatable bonds is 3. The van der Waals surface area contributed by atoms with Crippen molar-refractivity contribution < 1.29 is 9.90 Å². The van der Waals surface area contributed by atoms with Gasteiger partial charge in [-0.15, -0.1) is 11.8 Å². The van der Waals surface area contributed by atoms with Crippen LogP contribution < -0.4 is 0 Å². The van der Waals surface area contributed by atoms with E-state index in [1.807, 2.05) is 12.1 Å². The quantitative estimate of drug-likeness (QED) is 0.926. The van der Waals surface area contributed by atoms with E-state index >= 15 is 0 Å². The average Bonchev–Trinajstić information content (AvgIpc) is 2.32. The van der Waals surface area contributed by atoms with Gasteiger partial charge in [0.2, 0.25) is 0 Å². The molecule has 0 saturated heterocycles. The van der Waals surface area contributed by atoms with Gasteiger partial charge in [0.1, 0.15) is 5.03 Å². The summed E-state index contributed by atoms with van der Waals surface area (Å²) in [5.41, 5.74) is 0. The maximum Gasteiger partial charge on any atom is 0.307 e. The van der Waals surface area contributed by atoms with Gasteiger partial charge in [-0.05, 0) is 40.9 Å². The van der Waals surface area contributed by atoms with E-state index in [0.717, 1.165) is 35.2 Å². The number of carbonyl (C=O) groups is 1. The average molecular weight is 316 g/mol. The second-order valence-corrected chi connectivity index (χ2v) is 6.26. The molecule has 1 aromatic heterocycles. The lowest BCUT2D eigenvalue weighted by atomic mass is 9.89. The number of aromatic nitrogens is 1. The molecule has 3 nitrogen and oxygen atoms in total. The molecule has 0 radical (unpaired) electrons. The van der Waals surface area contributed by atoms with Crippen molar-refractivity contribution in [3.05, 3.63) is 22.8 Å². The maximum absolute atomic E-state index is 11.2. The summed E-state index contributed by atoms with van der Waals surface area (Å²) in [7, 11) is 0. The van der Waals surface area contributed by atoms with Gasteiger partial charge < -0.3 is 5.11 Å². The molecule has 1 N–H and O–H groups in total. The first-order valence-electron chi connectivity index (χ1n) is 5.68. The van der Waals surface area contributed by atoms with E-state index < -0.39 is 5.97 Å². The second kappa shape index (κ2) is 5.87. The molecular formula is C12H14BrNO2S. The lowest BCUT2D eigenvalue weighted by Gasteiger charge is -2.27. The molecular weight excluding hydrogens is 302 g/mol. The molecule has 1 heterocycles. The van der Waals surface area contributed by atoms with Gasteiger partial charge in [-0.2, -0.15) is 0 Å². The van der Waals surface area contributed by atoms with E-state index in [9.17, 15) is 9.90 Å². The predicted octanol–water partition coefficient (Wildman–Crippen LogP) is 3.58. The molecule has 2 rings (SSSR count). The number of hydrogen-bond donors (Lipinski definition) is 1. The van der Waals surface area contributed by atoms with Crippen LogP contribution in [-0.4, -0.2) is 21.3 Å². The Labute approximate surface area is 113 Å². The Bertz CT molecular complexity index is 413. The molecule has 1 aliphatic carbocycles. The van der Waals surface area contributed by atoms with Gasteiger partial charge in [-0.1, -0.05) is 12.8 Å². The van der Waals surface area contributed by atoms with E-state index in [4.69, 9.17) is 0 Å². The molecule has 0 amide bonds. The van der Waals surface area contributed by atoms with Crippen molar-refractivity contribution in [2.45, 2.75) is 36.0 Å². The van der Waals surface area contributed by atoms with Crippen molar-refractivity contribution in [3.8, 4) is 0 Å². The van der Waals surface area contributed by atoms with Gasteiger partial charge >= 0.3 is 5.97 Å². The number of pyridine rings is 1. The number of thioether (sulfide) groups is 1. The Balaban J connectivity index is 2.11. The number of aliphatic carboxylic acids is 1. The summed E-state index contributed by atoms with van der Waals surface area (Å²) in [4.78, 5) is 15.5. The third-order valence-electron chi connectivity index (χ3n) is 3.01. The van der Waals surface area contributed by atoms with E-state index in [1.54, 1.807) is 18.0 Å². The Morgan fingerprint density at radius 2 is 2.24 bits per heavy atom. The van der Waals surface area contributed by atoms with Crippen LogP contribution in [0.2, 0.25) is 0 Å². The third kappa shape index (κ3) is 3.22. The normalized spacial score (nSPS) is 24.5. The number of halogens is 1. The monoisotopic (exact) mass is 315 g/mol. The molecule has 92 valence electrons. The first kappa shape index (κ1) is 12.9. The highest BCUT2D eigenvalue weighted by Gasteiger charge is 2.32. The molecule has 1 aromatic rings. The minimum Gasteiger partial charge on any atom is -0.481 e. The number of hydrogen-bond acceptors (Lipinski definition) is 3. The third-order valence-corrected chi connectivity index (χ3v) is 5.33. The van der Waals surface area contributed by atoms with E-state index in [0.29, 0.717) is 0 Å². The van der Waals surface area contributed by atoms with Crippen LogP contribution in [0.3, 0.4) is 0 Å². The van der Waals surface area contributed by atoms with Crippen LogP contribution in [0.4, 0.5) is 0 Å². The fraction of sp³-hybridized carbons (Fsp3) is 0.500. The maximum atomic E-state index is 11.2. The number of carboxylic acid groups (broad SMARTS) is 1. The molecule has 17 heavy (non-hydrogen) atoms. The fourth-order valence-electron chi connectivity index (χ4n) is 2.12. The van der Waals surface area contributed by atoms with Crippen LogP contribution in [0.25, 0.3) is 0 Å². The van der Waals surface area contributed by atoms with Gasteiger partial charge in [0.15, 0.2) is 0 Å². The Hall–Kier alpha value is -0.550. The molecule has 2 atom stereocenters. The van der Waals surface area contributed by atoms with Crippen LogP contribution in [0.5, 0.6) is 0 Å². The highest BCUT2D eigenvalue weighted by molar-refractivity contribution is 9.10. The van der Waals surface area contributed by atoms with Crippen LogP contribution in [0.1, 0.15) is 25.7 Å². The van der Waals surface area contributed by atoms with Crippen molar-refractivity contribution in [1.29, 1.82) is 0 Å². The lowest BCUT2D eigenvalue weighted by molar-refractivity contribution is -0.142. The lowest BCUT2D eigenvalue weighted by Crippen LogP contribution is -2.29. The summed E-state index contributed by atoms with van der Waals surface area (Å²) in [6, 6.07) is 3.80. The van der Waals surface area contributed by atoms with Crippen LogP contribution in [-0.2, 0) is 4.79 Å².